The van der Waals surface area contributed by atoms with Crippen LogP contribution in [-0.2, 0) is 16.3 Å². The number of benzene rings is 1. The van der Waals surface area contributed by atoms with Gasteiger partial charge in [-0.3, -0.25) is 0 Å². The Labute approximate surface area is 140 Å². The molecular formula is C17H17N3O3S. The summed E-state index contributed by atoms with van der Waals surface area (Å²) in [4.78, 5) is 11.1. The molecule has 0 amide bonds. The van der Waals surface area contributed by atoms with Crippen molar-refractivity contribution >= 4 is 20.9 Å². The molecule has 24 heavy (non-hydrogen) atoms. The Bertz CT molecular complexity index is 963. The van der Waals surface area contributed by atoms with Gasteiger partial charge < -0.3 is 9.72 Å². The number of ether oxygens (including phenoxy) is 1. The summed E-state index contributed by atoms with van der Waals surface area (Å²) in [6, 6.07) is 9.91. The molecule has 3 rings (SSSR count). The minimum atomic E-state index is -3.57. The second-order valence-electron chi connectivity index (χ2n) is 5.15. The van der Waals surface area contributed by atoms with Crippen LogP contribution in [-0.4, -0.2) is 30.0 Å². The highest BCUT2D eigenvalue weighted by Crippen LogP contribution is 2.29. The van der Waals surface area contributed by atoms with Gasteiger partial charge in [-0.2, -0.15) is 0 Å². The standard InChI is InChI=1S/C17H17N3O3S/c1-2-10-24(21,22)14-11-18-16-15(14)17(20-12-19-16)23-9-8-13-6-4-3-5-7-13/h2-7,10-12H,8-9H2,1H3,(H,18,19,20). The van der Waals surface area contributed by atoms with Crippen molar-refractivity contribution in [2.45, 2.75) is 18.2 Å². The highest BCUT2D eigenvalue weighted by Gasteiger charge is 2.21. The fraction of sp³-hybridized carbons (Fsp3) is 0.176. The quantitative estimate of drug-likeness (QED) is 0.744. The Kier molecular flexibility index (Phi) is 4.61. The number of fused-ring (bicyclic) bond motifs is 1. The summed E-state index contributed by atoms with van der Waals surface area (Å²) in [6.07, 6.45) is 4.95. The van der Waals surface area contributed by atoms with Crippen molar-refractivity contribution in [3.8, 4) is 5.88 Å². The zero-order valence-corrected chi connectivity index (χ0v) is 14.0. The molecule has 2 heterocycles. The monoisotopic (exact) mass is 343 g/mol. The summed E-state index contributed by atoms with van der Waals surface area (Å²) < 4.78 is 30.4. The number of sulfone groups is 1. The first-order valence-electron chi connectivity index (χ1n) is 7.48. The molecule has 0 aliphatic carbocycles. The topological polar surface area (TPSA) is 84.9 Å². The average molecular weight is 343 g/mol. The Hall–Kier alpha value is -2.67. The average Bonchev–Trinajstić information content (AvgIpc) is 3.02. The minimum Gasteiger partial charge on any atom is -0.477 e. The second-order valence-corrected chi connectivity index (χ2v) is 6.96. The molecule has 0 saturated heterocycles. The third-order valence-electron chi connectivity index (χ3n) is 3.49. The lowest BCUT2D eigenvalue weighted by atomic mass is 10.2. The predicted molar refractivity (Wildman–Crippen MR) is 91.5 cm³/mol. The van der Waals surface area contributed by atoms with Crippen LogP contribution in [0.2, 0.25) is 0 Å². The van der Waals surface area contributed by atoms with E-state index >= 15 is 0 Å². The number of rotatable bonds is 6. The van der Waals surface area contributed by atoms with Gasteiger partial charge in [0, 0.05) is 18.0 Å². The lowest BCUT2D eigenvalue weighted by Crippen LogP contribution is -2.04. The van der Waals surface area contributed by atoms with Crippen molar-refractivity contribution < 1.29 is 13.2 Å². The van der Waals surface area contributed by atoms with Gasteiger partial charge >= 0.3 is 0 Å². The molecule has 0 bridgehead atoms. The van der Waals surface area contributed by atoms with Crippen molar-refractivity contribution in [1.29, 1.82) is 0 Å². The van der Waals surface area contributed by atoms with E-state index in [-0.39, 0.29) is 10.8 Å². The minimum absolute atomic E-state index is 0.117. The van der Waals surface area contributed by atoms with Crippen molar-refractivity contribution in [2.24, 2.45) is 0 Å². The molecule has 1 aromatic carbocycles. The van der Waals surface area contributed by atoms with Crippen molar-refractivity contribution in [2.75, 3.05) is 6.61 Å². The van der Waals surface area contributed by atoms with Crippen molar-refractivity contribution in [3.63, 3.8) is 0 Å². The van der Waals surface area contributed by atoms with Crippen LogP contribution in [0.1, 0.15) is 12.5 Å². The number of aromatic amines is 1. The molecule has 1 N–H and O–H groups in total. The number of hydrogen-bond donors (Lipinski definition) is 1. The van der Waals surface area contributed by atoms with E-state index in [1.165, 1.54) is 18.6 Å². The molecule has 0 radical (unpaired) electrons. The number of aromatic nitrogens is 3. The largest absolute Gasteiger partial charge is 0.477 e. The van der Waals surface area contributed by atoms with Gasteiger partial charge in [-0.15, -0.1) is 0 Å². The van der Waals surface area contributed by atoms with Gasteiger partial charge in [-0.25, -0.2) is 18.4 Å². The van der Waals surface area contributed by atoms with Gasteiger partial charge in [0.25, 0.3) is 0 Å². The van der Waals surface area contributed by atoms with Gasteiger partial charge in [-0.1, -0.05) is 36.4 Å². The first-order valence-corrected chi connectivity index (χ1v) is 9.03. The molecule has 124 valence electrons. The van der Waals surface area contributed by atoms with Crippen LogP contribution in [0.25, 0.3) is 11.0 Å². The summed E-state index contributed by atoms with van der Waals surface area (Å²) >= 11 is 0. The maximum Gasteiger partial charge on any atom is 0.227 e. The van der Waals surface area contributed by atoms with Crippen molar-refractivity contribution in [1.82, 2.24) is 15.0 Å². The number of nitrogens with zero attached hydrogens (tertiary/aromatic N) is 2. The summed E-state index contributed by atoms with van der Waals surface area (Å²) in [5.74, 6) is 0.264. The summed E-state index contributed by atoms with van der Waals surface area (Å²) in [6.45, 7) is 2.05. The second kappa shape index (κ2) is 6.84. The van der Waals surface area contributed by atoms with E-state index < -0.39 is 9.84 Å². The lowest BCUT2D eigenvalue weighted by molar-refractivity contribution is 0.313. The maximum absolute atomic E-state index is 12.3. The van der Waals surface area contributed by atoms with Gasteiger partial charge in [-0.05, 0) is 12.5 Å². The number of H-pyrrole nitrogens is 1. The molecule has 0 unspecified atom stereocenters. The van der Waals surface area contributed by atoms with Crippen LogP contribution in [0.3, 0.4) is 0 Å². The Morgan fingerprint density at radius 3 is 2.75 bits per heavy atom. The normalized spacial score (nSPS) is 12.0. The fourth-order valence-corrected chi connectivity index (χ4v) is 3.60. The van der Waals surface area contributed by atoms with Crippen LogP contribution < -0.4 is 4.74 Å². The fourth-order valence-electron chi connectivity index (χ4n) is 2.40. The summed E-state index contributed by atoms with van der Waals surface area (Å²) in [5, 5.41) is 1.53. The number of allylic oxidation sites excluding steroid dienone is 1. The highest BCUT2D eigenvalue weighted by molar-refractivity contribution is 7.94. The van der Waals surface area contributed by atoms with E-state index in [4.69, 9.17) is 4.74 Å². The smallest absolute Gasteiger partial charge is 0.227 e. The Balaban J connectivity index is 1.89. The van der Waals surface area contributed by atoms with E-state index in [0.29, 0.717) is 24.1 Å². The summed E-state index contributed by atoms with van der Waals surface area (Å²) in [5.41, 5.74) is 1.57. The first kappa shape index (κ1) is 16.2. The molecule has 0 spiro atoms. The molecule has 0 saturated carbocycles. The maximum atomic E-state index is 12.3. The van der Waals surface area contributed by atoms with Crippen LogP contribution in [0, 0.1) is 0 Å². The number of hydrogen-bond acceptors (Lipinski definition) is 5. The van der Waals surface area contributed by atoms with Crippen LogP contribution >= 0.6 is 0 Å². The van der Waals surface area contributed by atoms with Crippen LogP contribution in [0.5, 0.6) is 5.88 Å². The van der Waals surface area contributed by atoms with Crippen LogP contribution in [0.4, 0.5) is 0 Å². The van der Waals surface area contributed by atoms with E-state index in [0.717, 1.165) is 11.0 Å². The first-order chi connectivity index (χ1) is 11.6. The van der Waals surface area contributed by atoms with E-state index in [1.54, 1.807) is 6.92 Å². The number of nitrogens with one attached hydrogen (secondary N) is 1. The Morgan fingerprint density at radius 1 is 1.21 bits per heavy atom. The zero-order chi connectivity index (χ0) is 17.0. The van der Waals surface area contributed by atoms with Gasteiger partial charge in [0.05, 0.1) is 12.0 Å². The third kappa shape index (κ3) is 3.30. The van der Waals surface area contributed by atoms with E-state index in [2.05, 4.69) is 15.0 Å². The van der Waals surface area contributed by atoms with E-state index in [9.17, 15) is 8.42 Å². The molecular weight excluding hydrogens is 326 g/mol. The highest BCUT2D eigenvalue weighted by atomic mass is 32.2. The molecule has 3 aromatic rings. The van der Waals surface area contributed by atoms with Gasteiger partial charge in [0.2, 0.25) is 15.7 Å². The van der Waals surface area contributed by atoms with Crippen LogP contribution in [0.15, 0.2) is 59.2 Å². The molecule has 0 fully saturated rings. The Morgan fingerprint density at radius 2 is 2.00 bits per heavy atom. The van der Waals surface area contributed by atoms with Crippen molar-refractivity contribution in [3.05, 3.63) is 59.9 Å². The lowest BCUT2D eigenvalue weighted by Gasteiger charge is -2.07. The summed E-state index contributed by atoms with van der Waals surface area (Å²) in [7, 11) is -3.57. The SMILES string of the molecule is CC=CS(=O)(=O)c1c[nH]c2ncnc(OCCc3ccccc3)c12. The molecule has 2 aromatic heterocycles. The molecule has 7 heteroatoms. The molecule has 0 aliphatic rings. The predicted octanol–water partition coefficient (Wildman–Crippen LogP) is 2.89. The van der Waals surface area contributed by atoms with E-state index in [1.807, 2.05) is 30.3 Å². The van der Waals surface area contributed by atoms with Gasteiger partial charge in [0.1, 0.15) is 16.9 Å². The van der Waals surface area contributed by atoms with Gasteiger partial charge in [0.15, 0.2) is 0 Å². The zero-order valence-electron chi connectivity index (χ0n) is 13.1. The molecule has 6 nitrogen and oxygen atoms in total. The molecule has 0 atom stereocenters. The molecule has 0 aliphatic heterocycles. The third-order valence-corrected chi connectivity index (χ3v) is 5.06.